The fourth-order valence-corrected chi connectivity index (χ4v) is 1.43. The van der Waals surface area contributed by atoms with Crippen molar-refractivity contribution >= 4 is 6.09 Å². The van der Waals surface area contributed by atoms with Crippen LogP contribution in [0.5, 0.6) is 0 Å². The van der Waals surface area contributed by atoms with E-state index in [1.165, 1.54) is 12.1 Å². The Bertz CT molecular complexity index is 415. The van der Waals surface area contributed by atoms with Crippen molar-refractivity contribution in [1.29, 1.82) is 0 Å². The Morgan fingerprint density at radius 3 is 2.56 bits per heavy atom. The number of nitrogens with one attached hydrogen (secondary N) is 1. The summed E-state index contributed by atoms with van der Waals surface area (Å²) in [6.07, 6.45) is -0.690. The van der Waals surface area contributed by atoms with Crippen molar-refractivity contribution < 1.29 is 19.0 Å². The first kappa shape index (κ1) is 14.4. The van der Waals surface area contributed by atoms with E-state index in [0.717, 1.165) is 0 Å². The number of amides is 1. The Balaban J connectivity index is 2.74. The summed E-state index contributed by atoms with van der Waals surface area (Å²) < 4.78 is 18.6. The second kappa shape index (κ2) is 5.82. The number of carbonyl (C=O) groups excluding carboxylic acids is 1. The fourth-order valence-electron chi connectivity index (χ4n) is 1.43. The van der Waals surface area contributed by atoms with Crippen LogP contribution in [0.15, 0.2) is 24.3 Å². The van der Waals surface area contributed by atoms with Gasteiger partial charge in [-0.05, 0) is 26.8 Å². The topological polar surface area (TPSA) is 58.6 Å². The number of aliphatic hydroxyl groups is 1. The summed E-state index contributed by atoms with van der Waals surface area (Å²) in [6, 6.07) is 5.14. The monoisotopic (exact) mass is 255 g/mol. The van der Waals surface area contributed by atoms with E-state index in [1.807, 2.05) is 0 Å². The van der Waals surface area contributed by atoms with Gasteiger partial charge < -0.3 is 15.2 Å². The van der Waals surface area contributed by atoms with Gasteiger partial charge in [-0.15, -0.1) is 0 Å². The lowest BCUT2D eigenvalue weighted by molar-refractivity contribution is 0.0480. The van der Waals surface area contributed by atoms with E-state index in [2.05, 4.69) is 5.32 Å². The van der Waals surface area contributed by atoms with Gasteiger partial charge in [-0.1, -0.05) is 18.2 Å². The lowest BCUT2D eigenvalue weighted by Crippen LogP contribution is -2.36. The molecule has 1 unspecified atom stereocenters. The molecule has 100 valence electrons. The molecule has 1 aromatic rings. The molecule has 0 saturated heterocycles. The molecule has 4 nitrogen and oxygen atoms in total. The zero-order chi connectivity index (χ0) is 13.8. The first-order valence-electron chi connectivity index (χ1n) is 5.68. The summed E-state index contributed by atoms with van der Waals surface area (Å²) in [4.78, 5) is 11.5. The predicted molar refractivity (Wildman–Crippen MR) is 65.6 cm³/mol. The van der Waals surface area contributed by atoms with Crippen molar-refractivity contribution in [1.82, 2.24) is 5.32 Å². The molecule has 1 aromatic carbocycles. The summed E-state index contributed by atoms with van der Waals surface area (Å²) >= 11 is 0. The van der Waals surface area contributed by atoms with E-state index in [0.29, 0.717) is 0 Å². The second-order valence-electron chi connectivity index (χ2n) is 4.90. The molecule has 0 aliphatic rings. The maximum atomic E-state index is 13.5. The number of hydrogen-bond acceptors (Lipinski definition) is 3. The third-order valence-corrected chi connectivity index (χ3v) is 2.15. The number of halogens is 1. The first-order valence-corrected chi connectivity index (χ1v) is 5.68. The number of benzene rings is 1. The lowest BCUT2D eigenvalue weighted by atomic mass is 10.1. The van der Waals surface area contributed by atoms with Crippen LogP contribution in [0.25, 0.3) is 0 Å². The average Bonchev–Trinajstić information content (AvgIpc) is 2.24. The molecular weight excluding hydrogens is 237 g/mol. The van der Waals surface area contributed by atoms with E-state index in [1.54, 1.807) is 32.9 Å². The Morgan fingerprint density at radius 1 is 1.44 bits per heavy atom. The number of hydrogen-bond donors (Lipinski definition) is 2. The van der Waals surface area contributed by atoms with Gasteiger partial charge in [0.15, 0.2) is 0 Å². The Labute approximate surface area is 106 Å². The number of alkyl carbamates (subject to hydrolysis) is 1. The van der Waals surface area contributed by atoms with Crippen LogP contribution in [0.2, 0.25) is 0 Å². The van der Waals surface area contributed by atoms with Crippen molar-refractivity contribution in [3.8, 4) is 0 Å². The van der Waals surface area contributed by atoms with Gasteiger partial charge in [-0.2, -0.15) is 0 Å². The highest BCUT2D eigenvalue weighted by Crippen LogP contribution is 2.17. The van der Waals surface area contributed by atoms with E-state index in [-0.39, 0.29) is 5.56 Å². The summed E-state index contributed by atoms with van der Waals surface area (Å²) in [5.74, 6) is -0.479. The van der Waals surface area contributed by atoms with Crippen molar-refractivity contribution in [2.24, 2.45) is 0 Å². The SMILES string of the molecule is CC(C)(C)OC(=O)NC(CO)c1ccccc1F. The van der Waals surface area contributed by atoms with Gasteiger partial charge in [-0.3, -0.25) is 0 Å². The van der Waals surface area contributed by atoms with Gasteiger partial charge in [0, 0.05) is 5.56 Å². The van der Waals surface area contributed by atoms with Gasteiger partial charge in [-0.25, -0.2) is 9.18 Å². The Morgan fingerprint density at radius 2 is 2.06 bits per heavy atom. The molecule has 1 amide bonds. The van der Waals surface area contributed by atoms with Crippen molar-refractivity contribution in [2.45, 2.75) is 32.4 Å². The van der Waals surface area contributed by atoms with Gasteiger partial charge in [0.25, 0.3) is 0 Å². The van der Waals surface area contributed by atoms with E-state index >= 15 is 0 Å². The number of ether oxygens (including phenoxy) is 1. The molecule has 0 bridgehead atoms. The molecule has 0 saturated carbocycles. The molecule has 1 rings (SSSR count). The maximum absolute atomic E-state index is 13.5. The van der Waals surface area contributed by atoms with Crippen LogP contribution >= 0.6 is 0 Å². The van der Waals surface area contributed by atoms with E-state index in [4.69, 9.17) is 4.74 Å². The largest absolute Gasteiger partial charge is 0.444 e. The summed E-state index contributed by atoms with van der Waals surface area (Å²) in [5.41, 5.74) is -0.412. The maximum Gasteiger partial charge on any atom is 0.408 e. The smallest absolute Gasteiger partial charge is 0.408 e. The standard InChI is InChI=1S/C13H18FNO3/c1-13(2,3)18-12(17)15-11(8-16)9-6-4-5-7-10(9)14/h4-7,11,16H,8H2,1-3H3,(H,15,17). The minimum absolute atomic E-state index is 0.228. The molecule has 5 heteroatoms. The molecular formula is C13H18FNO3. The number of aliphatic hydroxyl groups excluding tert-OH is 1. The van der Waals surface area contributed by atoms with Gasteiger partial charge in [0.2, 0.25) is 0 Å². The van der Waals surface area contributed by atoms with Gasteiger partial charge in [0.05, 0.1) is 12.6 Å². The molecule has 0 aromatic heterocycles. The van der Waals surface area contributed by atoms with Crippen LogP contribution in [0.4, 0.5) is 9.18 Å². The van der Waals surface area contributed by atoms with Crippen LogP contribution in [0.1, 0.15) is 32.4 Å². The highest BCUT2D eigenvalue weighted by atomic mass is 19.1. The Hall–Kier alpha value is -1.62. The van der Waals surface area contributed by atoms with Gasteiger partial charge >= 0.3 is 6.09 Å². The number of carbonyl (C=O) groups is 1. The zero-order valence-electron chi connectivity index (χ0n) is 10.7. The summed E-state index contributed by atoms with van der Waals surface area (Å²) in [6.45, 7) is 4.77. The minimum atomic E-state index is -0.818. The van der Waals surface area contributed by atoms with E-state index < -0.39 is 30.2 Å². The first-order chi connectivity index (χ1) is 8.33. The van der Waals surface area contributed by atoms with Gasteiger partial charge in [0.1, 0.15) is 11.4 Å². The summed E-state index contributed by atoms with van der Waals surface area (Å²) in [5, 5.41) is 11.6. The van der Waals surface area contributed by atoms with E-state index in [9.17, 15) is 14.3 Å². The lowest BCUT2D eigenvalue weighted by Gasteiger charge is -2.23. The molecule has 0 spiro atoms. The molecule has 0 heterocycles. The number of rotatable bonds is 3. The average molecular weight is 255 g/mol. The third-order valence-electron chi connectivity index (χ3n) is 2.15. The molecule has 1 atom stereocenters. The quantitative estimate of drug-likeness (QED) is 0.871. The zero-order valence-corrected chi connectivity index (χ0v) is 10.7. The highest BCUT2D eigenvalue weighted by molar-refractivity contribution is 5.68. The van der Waals surface area contributed by atoms with Crippen LogP contribution < -0.4 is 5.32 Å². The molecule has 0 fully saturated rings. The van der Waals surface area contributed by atoms with Crippen LogP contribution in [-0.2, 0) is 4.74 Å². The van der Waals surface area contributed by atoms with Crippen LogP contribution in [0.3, 0.4) is 0 Å². The minimum Gasteiger partial charge on any atom is -0.444 e. The molecule has 2 N–H and O–H groups in total. The fraction of sp³-hybridized carbons (Fsp3) is 0.462. The van der Waals surface area contributed by atoms with Crippen LogP contribution in [0, 0.1) is 5.82 Å². The normalized spacial score (nSPS) is 12.9. The molecule has 0 aliphatic heterocycles. The van der Waals surface area contributed by atoms with Crippen LogP contribution in [-0.4, -0.2) is 23.4 Å². The molecule has 0 radical (unpaired) electrons. The highest BCUT2D eigenvalue weighted by Gasteiger charge is 2.21. The van der Waals surface area contributed by atoms with Crippen molar-refractivity contribution in [3.05, 3.63) is 35.6 Å². The van der Waals surface area contributed by atoms with Crippen molar-refractivity contribution in [3.63, 3.8) is 0 Å². The summed E-state index contributed by atoms with van der Waals surface area (Å²) in [7, 11) is 0. The predicted octanol–water partition coefficient (Wildman–Crippen LogP) is 2.38. The molecule has 18 heavy (non-hydrogen) atoms. The van der Waals surface area contributed by atoms with Crippen molar-refractivity contribution in [2.75, 3.05) is 6.61 Å². The molecule has 0 aliphatic carbocycles. The third kappa shape index (κ3) is 4.33. The Kier molecular flexibility index (Phi) is 4.67. The second-order valence-corrected chi connectivity index (χ2v) is 4.90.